The third kappa shape index (κ3) is 5.94. The van der Waals surface area contributed by atoms with E-state index in [0.717, 1.165) is 18.4 Å². The Kier molecular flexibility index (Phi) is 6.90. The van der Waals surface area contributed by atoms with E-state index >= 15 is 0 Å². The van der Waals surface area contributed by atoms with Crippen LogP contribution in [-0.2, 0) is 16.4 Å². The second-order valence-electron chi connectivity index (χ2n) is 7.40. The maximum Gasteiger partial charge on any atom is 0.261 e. The number of hydrogen-bond acceptors (Lipinski definition) is 3. The van der Waals surface area contributed by atoms with Crippen molar-refractivity contribution in [3.05, 3.63) is 95.6 Å². The van der Waals surface area contributed by atoms with Gasteiger partial charge in [-0.3, -0.25) is 9.52 Å². The highest BCUT2D eigenvalue weighted by Crippen LogP contribution is 2.18. The van der Waals surface area contributed by atoms with E-state index in [4.69, 9.17) is 0 Å². The largest absolute Gasteiger partial charge is 0.350 e. The lowest BCUT2D eigenvalue weighted by molar-refractivity contribution is 0.0938. The van der Waals surface area contributed by atoms with Crippen LogP contribution in [0.2, 0.25) is 0 Å². The zero-order valence-corrected chi connectivity index (χ0v) is 17.9. The highest BCUT2D eigenvalue weighted by Gasteiger charge is 2.15. The molecule has 1 atom stereocenters. The highest BCUT2D eigenvalue weighted by molar-refractivity contribution is 7.92. The number of rotatable bonds is 8. The molecule has 0 spiro atoms. The molecule has 1 amide bonds. The van der Waals surface area contributed by atoms with Crippen LogP contribution in [0.3, 0.4) is 0 Å². The van der Waals surface area contributed by atoms with Crippen molar-refractivity contribution in [2.75, 3.05) is 4.72 Å². The van der Waals surface area contributed by atoms with E-state index < -0.39 is 10.0 Å². The average Bonchev–Trinajstić information content (AvgIpc) is 2.73. The minimum atomic E-state index is -3.72. The van der Waals surface area contributed by atoms with Gasteiger partial charge in [0.25, 0.3) is 15.9 Å². The Balaban J connectivity index is 1.62. The van der Waals surface area contributed by atoms with Gasteiger partial charge in [0.15, 0.2) is 0 Å². The average molecular weight is 423 g/mol. The summed E-state index contributed by atoms with van der Waals surface area (Å²) < 4.78 is 27.7. The van der Waals surface area contributed by atoms with Crippen LogP contribution in [0.4, 0.5) is 5.69 Å². The summed E-state index contributed by atoms with van der Waals surface area (Å²) in [6.07, 6.45) is 1.69. The summed E-state index contributed by atoms with van der Waals surface area (Å²) in [6, 6.07) is 23.2. The maximum atomic E-state index is 12.6. The van der Waals surface area contributed by atoms with Gasteiger partial charge >= 0.3 is 0 Å². The Bertz CT molecular complexity index is 1090. The first-order chi connectivity index (χ1) is 14.3. The molecule has 3 rings (SSSR count). The summed E-state index contributed by atoms with van der Waals surface area (Å²) in [4.78, 5) is 12.8. The molecule has 0 aliphatic carbocycles. The lowest BCUT2D eigenvalue weighted by Gasteiger charge is -2.15. The minimum Gasteiger partial charge on any atom is -0.350 e. The molecular weight excluding hydrogens is 396 g/mol. The molecule has 6 heteroatoms. The normalized spacial score (nSPS) is 12.2. The molecule has 3 aromatic carbocycles. The van der Waals surface area contributed by atoms with E-state index in [2.05, 4.69) is 22.2 Å². The van der Waals surface area contributed by atoms with Gasteiger partial charge in [-0.15, -0.1) is 0 Å². The van der Waals surface area contributed by atoms with Gasteiger partial charge in [-0.25, -0.2) is 8.42 Å². The monoisotopic (exact) mass is 422 g/mol. The number of amides is 1. The molecule has 2 N–H and O–H groups in total. The van der Waals surface area contributed by atoms with E-state index in [1.807, 2.05) is 32.0 Å². The summed E-state index contributed by atoms with van der Waals surface area (Å²) >= 11 is 0. The molecular formula is C24H26N2O3S. The van der Waals surface area contributed by atoms with Crippen molar-refractivity contribution in [2.45, 2.75) is 37.6 Å². The minimum absolute atomic E-state index is 0.00869. The number of sulfonamides is 1. The SMILES string of the molecule is Cc1ccc(S(=O)(=O)Nc2cccc(C(=O)N[C@@H](C)CCc3ccccc3)c2)cc1. The lowest BCUT2D eigenvalue weighted by Crippen LogP contribution is -2.32. The van der Waals surface area contributed by atoms with Crippen LogP contribution in [0, 0.1) is 6.92 Å². The van der Waals surface area contributed by atoms with Gasteiger partial charge in [0.2, 0.25) is 0 Å². The van der Waals surface area contributed by atoms with Crippen molar-refractivity contribution >= 4 is 21.6 Å². The Hall–Kier alpha value is -3.12. The third-order valence-electron chi connectivity index (χ3n) is 4.79. The van der Waals surface area contributed by atoms with Crippen LogP contribution in [0.1, 0.15) is 34.8 Å². The Labute approximate surface area is 178 Å². The molecule has 0 saturated heterocycles. The van der Waals surface area contributed by atoms with Crippen molar-refractivity contribution in [1.82, 2.24) is 5.32 Å². The number of benzene rings is 3. The number of carbonyl (C=O) groups is 1. The van der Waals surface area contributed by atoms with Crippen molar-refractivity contribution < 1.29 is 13.2 Å². The van der Waals surface area contributed by atoms with Gasteiger partial charge in [0, 0.05) is 17.3 Å². The summed E-state index contributed by atoms with van der Waals surface area (Å²) in [6.45, 7) is 3.86. The summed E-state index contributed by atoms with van der Waals surface area (Å²) in [5.41, 5.74) is 2.96. The van der Waals surface area contributed by atoms with E-state index in [1.165, 1.54) is 5.56 Å². The van der Waals surface area contributed by atoms with Crippen LogP contribution >= 0.6 is 0 Å². The fraction of sp³-hybridized carbons (Fsp3) is 0.208. The smallest absolute Gasteiger partial charge is 0.261 e. The van der Waals surface area contributed by atoms with Gasteiger partial charge in [-0.05, 0) is 62.6 Å². The van der Waals surface area contributed by atoms with Gasteiger partial charge in [-0.2, -0.15) is 0 Å². The predicted octanol–water partition coefficient (Wildman–Crippen LogP) is 4.55. The van der Waals surface area contributed by atoms with Crippen molar-refractivity contribution in [2.24, 2.45) is 0 Å². The molecule has 5 nitrogen and oxygen atoms in total. The predicted molar refractivity (Wildman–Crippen MR) is 120 cm³/mol. The molecule has 0 unspecified atom stereocenters. The maximum absolute atomic E-state index is 12.6. The molecule has 30 heavy (non-hydrogen) atoms. The van der Waals surface area contributed by atoms with Gasteiger partial charge in [0.1, 0.15) is 0 Å². The Morgan fingerprint density at radius 1 is 0.933 bits per heavy atom. The van der Waals surface area contributed by atoms with E-state index in [-0.39, 0.29) is 16.8 Å². The van der Waals surface area contributed by atoms with Crippen LogP contribution in [0.25, 0.3) is 0 Å². The molecule has 156 valence electrons. The van der Waals surface area contributed by atoms with Crippen molar-refractivity contribution in [3.8, 4) is 0 Å². The van der Waals surface area contributed by atoms with Crippen molar-refractivity contribution in [3.63, 3.8) is 0 Å². The van der Waals surface area contributed by atoms with Crippen molar-refractivity contribution in [1.29, 1.82) is 0 Å². The number of anilines is 1. The molecule has 0 heterocycles. The van der Waals surface area contributed by atoms with Gasteiger partial charge < -0.3 is 5.32 Å². The molecule has 0 aliphatic rings. The Morgan fingerprint density at radius 2 is 1.63 bits per heavy atom. The molecule has 0 aliphatic heterocycles. The third-order valence-corrected chi connectivity index (χ3v) is 6.19. The first kappa shape index (κ1) is 21.6. The molecule has 3 aromatic rings. The summed E-state index contributed by atoms with van der Waals surface area (Å²) in [5, 5.41) is 2.98. The first-order valence-electron chi connectivity index (χ1n) is 9.88. The molecule has 0 radical (unpaired) electrons. The van der Waals surface area contributed by atoms with Crippen LogP contribution in [0.5, 0.6) is 0 Å². The number of carbonyl (C=O) groups excluding carboxylic acids is 1. The zero-order valence-electron chi connectivity index (χ0n) is 17.1. The van der Waals surface area contributed by atoms with Crippen LogP contribution in [0.15, 0.2) is 83.8 Å². The summed E-state index contributed by atoms with van der Waals surface area (Å²) in [5.74, 6) is -0.230. The molecule has 0 saturated carbocycles. The van der Waals surface area contributed by atoms with E-state index in [0.29, 0.717) is 11.3 Å². The summed E-state index contributed by atoms with van der Waals surface area (Å²) in [7, 11) is -3.72. The zero-order chi connectivity index (χ0) is 21.6. The second kappa shape index (κ2) is 9.59. The highest BCUT2D eigenvalue weighted by atomic mass is 32.2. The standard InChI is InChI=1S/C24H26N2O3S/c1-18-11-15-23(16-12-18)30(28,29)26-22-10-6-9-21(17-22)24(27)25-19(2)13-14-20-7-4-3-5-8-20/h3-12,15-17,19,26H,13-14H2,1-2H3,(H,25,27)/t19-/m0/s1. The Morgan fingerprint density at radius 3 is 2.33 bits per heavy atom. The number of nitrogens with one attached hydrogen (secondary N) is 2. The first-order valence-corrected chi connectivity index (χ1v) is 11.4. The quantitative estimate of drug-likeness (QED) is 0.559. The second-order valence-corrected chi connectivity index (χ2v) is 9.08. The van der Waals surface area contributed by atoms with E-state index in [9.17, 15) is 13.2 Å². The number of aryl methyl sites for hydroxylation is 2. The molecule has 0 bridgehead atoms. The fourth-order valence-electron chi connectivity index (χ4n) is 3.06. The van der Waals surface area contributed by atoms with Gasteiger partial charge in [0.05, 0.1) is 4.90 Å². The number of hydrogen-bond donors (Lipinski definition) is 2. The molecule has 0 fully saturated rings. The lowest BCUT2D eigenvalue weighted by atomic mass is 10.1. The topological polar surface area (TPSA) is 75.3 Å². The fourth-order valence-corrected chi connectivity index (χ4v) is 4.11. The van der Waals surface area contributed by atoms with Crippen LogP contribution < -0.4 is 10.0 Å². The van der Waals surface area contributed by atoms with E-state index in [1.54, 1.807) is 48.5 Å². The molecule has 0 aromatic heterocycles. The van der Waals surface area contributed by atoms with Gasteiger partial charge in [-0.1, -0.05) is 54.1 Å². The van der Waals surface area contributed by atoms with Crippen LogP contribution in [-0.4, -0.2) is 20.4 Å².